The minimum absolute atomic E-state index is 0.00160. The highest BCUT2D eigenvalue weighted by Crippen LogP contribution is 2.52. The van der Waals surface area contributed by atoms with Gasteiger partial charge in [0.25, 0.3) is 0 Å². The van der Waals surface area contributed by atoms with Crippen LogP contribution < -0.4 is 0 Å². The van der Waals surface area contributed by atoms with Crippen LogP contribution in [-0.2, 0) is 27.3 Å². The number of rotatable bonds is 1. The summed E-state index contributed by atoms with van der Waals surface area (Å²) in [5.74, 6) is -0.794. The number of ether oxygens (including phenoxy) is 1. The SMILES string of the molecule is CN1C[C@]23C=C[C@H](O2)[C@H](C(=O)N2CCc4nocc4C2)[C@@H]3C1=O. The molecule has 0 aliphatic carbocycles. The number of likely N-dealkylation sites (tertiary alicyclic amines) is 1. The summed E-state index contributed by atoms with van der Waals surface area (Å²) in [6, 6.07) is 0. The zero-order valence-corrected chi connectivity index (χ0v) is 12.8. The lowest BCUT2D eigenvalue weighted by Crippen LogP contribution is -2.47. The number of hydrogen-bond donors (Lipinski definition) is 0. The summed E-state index contributed by atoms with van der Waals surface area (Å²) < 4.78 is 11.0. The van der Waals surface area contributed by atoms with Crippen LogP contribution in [0.1, 0.15) is 11.3 Å². The molecule has 4 aliphatic heterocycles. The monoisotopic (exact) mass is 315 g/mol. The van der Waals surface area contributed by atoms with Crippen molar-refractivity contribution in [3.63, 3.8) is 0 Å². The molecule has 120 valence electrons. The Morgan fingerprint density at radius 2 is 2.35 bits per heavy atom. The fourth-order valence-electron chi connectivity index (χ4n) is 4.51. The van der Waals surface area contributed by atoms with E-state index in [1.807, 2.05) is 12.2 Å². The minimum atomic E-state index is -0.602. The summed E-state index contributed by atoms with van der Waals surface area (Å²) in [6.07, 6.45) is 5.92. The topological polar surface area (TPSA) is 75.9 Å². The average Bonchev–Trinajstić information content (AvgIpc) is 3.27. The van der Waals surface area contributed by atoms with Gasteiger partial charge in [-0.15, -0.1) is 0 Å². The Labute approximate surface area is 132 Å². The highest BCUT2D eigenvalue weighted by Gasteiger charge is 2.66. The van der Waals surface area contributed by atoms with E-state index in [1.54, 1.807) is 23.1 Å². The number of likely N-dealkylation sites (N-methyl/N-ethyl adjacent to an activating group) is 1. The van der Waals surface area contributed by atoms with E-state index in [4.69, 9.17) is 9.26 Å². The summed E-state index contributed by atoms with van der Waals surface area (Å²) in [5.41, 5.74) is 1.27. The first-order valence-corrected chi connectivity index (χ1v) is 7.92. The Hall–Kier alpha value is -2.15. The Bertz CT molecular complexity index is 741. The van der Waals surface area contributed by atoms with Crippen LogP contribution in [0.4, 0.5) is 0 Å². The molecule has 2 fully saturated rings. The van der Waals surface area contributed by atoms with Crippen molar-refractivity contribution in [1.82, 2.24) is 15.0 Å². The molecule has 7 heteroatoms. The lowest BCUT2D eigenvalue weighted by atomic mass is 9.76. The van der Waals surface area contributed by atoms with Gasteiger partial charge in [-0.25, -0.2) is 0 Å². The summed E-state index contributed by atoms with van der Waals surface area (Å²) in [4.78, 5) is 29.1. The molecule has 23 heavy (non-hydrogen) atoms. The van der Waals surface area contributed by atoms with E-state index < -0.39 is 11.5 Å². The van der Waals surface area contributed by atoms with Gasteiger partial charge in [0.2, 0.25) is 11.8 Å². The van der Waals surface area contributed by atoms with Crippen LogP contribution in [0.25, 0.3) is 0 Å². The third kappa shape index (κ3) is 1.60. The molecule has 0 unspecified atom stereocenters. The van der Waals surface area contributed by atoms with Crippen molar-refractivity contribution in [1.29, 1.82) is 0 Å². The van der Waals surface area contributed by atoms with Crippen LogP contribution in [0.2, 0.25) is 0 Å². The first-order chi connectivity index (χ1) is 11.1. The molecule has 0 saturated carbocycles. The lowest BCUT2D eigenvalue weighted by Gasteiger charge is -2.31. The highest BCUT2D eigenvalue weighted by atomic mass is 16.5. The number of nitrogens with zero attached hydrogens (tertiary/aromatic N) is 3. The normalized spacial score (nSPS) is 37.4. The molecule has 7 nitrogen and oxygen atoms in total. The molecular weight excluding hydrogens is 298 g/mol. The zero-order chi connectivity index (χ0) is 15.8. The van der Waals surface area contributed by atoms with Gasteiger partial charge in [0.15, 0.2) is 0 Å². The highest BCUT2D eigenvalue weighted by molar-refractivity contribution is 5.93. The summed E-state index contributed by atoms with van der Waals surface area (Å²) in [7, 11) is 1.77. The quantitative estimate of drug-likeness (QED) is 0.680. The van der Waals surface area contributed by atoms with Gasteiger partial charge in [-0.3, -0.25) is 9.59 Å². The van der Waals surface area contributed by atoms with Gasteiger partial charge in [0.05, 0.1) is 36.7 Å². The van der Waals surface area contributed by atoms with E-state index in [-0.39, 0.29) is 23.8 Å². The van der Waals surface area contributed by atoms with E-state index in [0.717, 1.165) is 11.3 Å². The molecule has 4 atom stereocenters. The number of fused-ring (bicyclic) bond motifs is 2. The van der Waals surface area contributed by atoms with Crippen molar-refractivity contribution in [3.05, 3.63) is 29.7 Å². The summed E-state index contributed by atoms with van der Waals surface area (Å²) >= 11 is 0. The van der Waals surface area contributed by atoms with Crippen molar-refractivity contribution in [2.75, 3.05) is 20.1 Å². The first kappa shape index (κ1) is 13.3. The molecule has 0 radical (unpaired) electrons. The lowest BCUT2D eigenvalue weighted by molar-refractivity contribution is -0.143. The number of carbonyl (C=O) groups excluding carboxylic acids is 2. The van der Waals surface area contributed by atoms with E-state index in [2.05, 4.69) is 5.16 Å². The van der Waals surface area contributed by atoms with Gasteiger partial charge < -0.3 is 19.1 Å². The molecule has 5 rings (SSSR count). The maximum absolute atomic E-state index is 13.1. The van der Waals surface area contributed by atoms with Crippen LogP contribution in [-0.4, -0.2) is 58.6 Å². The second-order valence-corrected chi connectivity index (χ2v) is 6.89. The molecule has 2 bridgehead atoms. The first-order valence-electron chi connectivity index (χ1n) is 7.92. The van der Waals surface area contributed by atoms with Gasteiger partial charge in [-0.1, -0.05) is 17.3 Å². The fourth-order valence-corrected chi connectivity index (χ4v) is 4.51. The van der Waals surface area contributed by atoms with Crippen LogP contribution in [0.15, 0.2) is 22.9 Å². The third-order valence-electron chi connectivity index (χ3n) is 5.59. The number of aromatic nitrogens is 1. The Morgan fingerprint density at radius 3 is 3.22 bits per heavy atom. The largest absolute Gasteiger partial charge is 0.364 e. The van der Waals surface area contributed by atoms with E-state index in [9.17, 15) is 9.59 Å². The van der Waals surface area contributed by atoms with Crippen LogP contribution in [0.3, 0.4) is 0 Å². The van der Waals surface area contributed by atoms with Gasteiger partial charge in [0.1, 0.15) is 11.9 Å². The second kappa shape index (κ2) is 4.23. The summed E-state index contributed by atoms with van der Waals surface area (Å²) in [6.45, 7) is 1.63. The van der Waals surface area contributed by atoms with E-state index in [0.29, 0.717) is 26.1 Å². The molecule has 0 aromatic carbocycles. The molecule has 1 aromatic rings. The van der Waals surface area contributed by atoms with E-state index >= 15 is 0 Å². The average molecular weight is 315 g/mol. The Morgan fingerprint density at radius 1 is 1.48 bits per heavy atom. The standard InChI is InChI=1S/C16H17N3O4/c1-18-8-16-4-2-11(23-16)12(13(16)15(18)21)14(20)19-5-3-10-9(6-19)7-22-17-10/h2,4,7,11-13H,3,5-6,8H2,1H3/t11-,12-,13+,16-/m0/s1. The second-order valence-electron chi connectivity index (χ2n) is 6.89. The zero-order valence-electron chi connectivity index (χ0n) is 12.8. The maximum atomic E-state index is 13.1. The molecule has 0 N–H and O–H groups in total. The van der Waals surface area contributed by atoms with Crippen molar-refractivity contribution in [2.24, 2.45) is 11.8 Å². The van der Waals surface area contributed by atoms with Crippen molar-refractivity contribution in [2.45, 2.75) is 24.7 Å². The number of amides is 2. The Balaban J connectivity index is 1.45. The number of hydrogen-bond acceptors (Lipinski definition) is 5. The van der Waals surface area contributed by atoms with Gasteiger partial charge in [-0.05, 0) is 0 Å². The minimum Gasteiger partial charge on any atom is -0.364 e. The van der Waals surface area contributed by atoms with Gasteiger partial charge in [0, 0.05) is 25.6 Å². The molecule has 5 heterocycles. The van der Waals surface area contributed by atoms with Crippen LogP contribution in [0, 0.1) is 11.8 Å². The third-order valence-corrected chi connectivity index (χ3v) is 5.59. The molecule has 1 spiro atoms. The predicted octanol–water partition coefficient (Wildman–Crippen LogP) is -0.0289. The predicted molar refractivity (Wildman–Crippen MR) is 77.0 cm³/mol. The fraction of sp³-hybridized carbons (Fsp3) is 0.562. The molecule has 2 amide bonds. The number of carbonyl (C=O) groups is 2. The molecule has 2 saturated heterocycles. The van der Waals surface area contributed by atoms with Crippen LogP contribution in [0.5, 0.6) is 0 Å². The van der Waals surface area contributed by atoms with E-state index in [1.165, 1.54) is 0 Å². The van der Waals surface area contributed by atoms with Gasteiger partial charge >= 0.3 is 0 Å². The maximum Gasteiger partial charge on any atom is 0.229 e. The van der Waals surface area contributed by atoms with Gasteiger partial charge in [-0.2, -0.15) is 0 Å². The van der Waals surface area contributed by atoms with Crippen molar-refractivity contribution >= 4 is 11.8 Å². The summed E-state index contributed by atoms with van der Waals surface area (Å²) in [5, 5.41) is 3.95. The Kier molecular flexibility index (Phi) is 2.44. The van der Waals surface area contributed by atoms with Crippen molar-refractivity contribution < 1.29 is 18.8 Å². The smallest absolute Gasteiger partial charge is 0.229 e. The van der Waals surface area contributed by atoms with Crippen molar-refractivity contribution in [3.8, 4) is 0 Å². The molecular formula is C16H17N3O4. The molecule has 4 aliphatic rings. The molecule has 1 aromatic heterocycles. The van der Waals surface area contributed by atoms with Crippen LogP contribution >= 0.6 is 0 Å².